The first kappa shape index (κ1) is 14.1. The Bertz CT molecular complexity index is 457. The maximum absolute atomic E-state index is 12.4. The molecular formula is C14H23N3O2. The van der Waals surface area contributed by atoms with Gasteiger partial charge in [-0.1, -0.05) is 19.8 Å². The number of oxazole rings is 1. The van der Waals surface area contributed by atoms with Crippen molar-refractivity contribution in [2.75, 3.05) is 0 Å². The third-order valence-electron chi connectivity index (χ3n) is 3.84. The van der Waals surface area contributed by atoms with E-state index in [1.807, 2.05) is 13.8 Å². The van der Waals surface area contributed by atoms with E-state index in [0.29, 0.717) is 11.8 Å². The monoisotopic (exact) mass is 265 g/mol. The maximum atomic E-state index is 12.4. The summed E-state index contributed by atoms with van der Waals surface area (Å²) < 4.78 is 5.42. The summed E-state index contributed by atoms with van der Waals surface area (Å²) in [6, 6.07) is -0.251. The van der Waals surface area contributed by atoms with Gasteiger partial charge in [-0.15, -0.1) is 0 Å². The molecule has 1 aromatic rings. The molecule has 1 amide bonds. The molecule has 3 atom stereocenters. The molecule has 5 heteroatoms. The molecule has 2 rings (SSSR count). The lowest BCUT2D eigenvalue weighted by molar-refractivity contribution is -0.128. The molecule has 5 nitrogen and oxygen atoms in total. The Hall–Kier alpha value is -1.36. The molecule has 1 fully saturated rings. The van der Waals surface area contributed by atoms with Crippen LogP contribution in [-0.2, 0) is 4.79 Å². The minimum atomic E-state index is -0.742. The van der Waals surface area contributed by atoms with E-state index in [4.69, 9.17) is 10.2 Å². The minimum absolute atomic E-state index is 0.0950. The van der Waals surface area contributed by atoms with Gasteiger partial charge < -0.3 is 15.5 Å². The first-order valence-corrected chi connectivity index (χ1v) is 6.93. The van der Waals surface area contributed by atoms with Crippen LogP contribution in [0.5, 0.6) is 0 Å². The third-order valence-corrected chi connectivity index (χ3v) is 3.84. The Kier molecular flexibility index (Phi) is 3.94. The fourth-order valence-corrected chi connectivity index (χ4v) is 2.77. The summed E-state index contributed by atoms with van der Waals surface area (Å²) in [6.07, 6.45) is 5.31. The van der Waals surface area contributed by atoms with Crippen molar-refractivity contribution in [3.63, 3.8) is 0 Å². The molecule has 19 heavy (non-hydrogen) atoms. The summed E-state index contributed by atoms with van der Waals surface area (Å²) in [6.45, 7) is 5.84. The Balaban J connectivity index is 2.00. The summed E-state index contributed by atoms with van der Waals surface area (Å²) in [5, 5.41) is 2.92. The maximum Gasteiger partial charge on any atom is 0.240 e. The van der Waals surface area contributed by atoms with Gasteiger partial charge in [-0.2, -0.15) is 0 Å². The zero-order valence-corrected chi connectivity index (χ0v) is 11.9. The van der Waals surface area contributed by atoms with Gasteiger partial charge in [-0.05, 0) is 32.6 Å². The lowest BCUT2D eigenvalue weighted by atomic mass is 9.76. The number of nitrogens with two attached hydrogens (primary N) is 1. The van der Waals surface area contributed by atoms with Gasteiger partial charge in [-0.3, -0.25) is 4.79 Å². The first-order chi connectivity index (χ1) is 8.90. The standard InChI is InChI=1S/C14H23N3O2/c1-9-5-4-6-14(15,7-9)13(18)17-11(3)12-16-8-10(2)19-12/h8-9,11H,4-7,15H2,1-3H3,(H,17,18). The Morgan fingerprint density at radius 3 is 3.00 bits per heavy atom. The van der Waals surface area contributed by atoms with Crippen LogP contribution in [0.4, 0.5) is 0 Å². The number of carbonyl (C=O) groups excluding carboxylic acids is 1. The number of aromatic nitrogens is 1. The SMILES string of the molecule is Cc1cnc(C(C)NC(=O)C2(N)CCCC(C)C2)o1. The molecule has 1 saturated carbocycles. The number of carbonyl (C=O) groups is 1. The van der Waals surface area contributed by atoms with Crippen molar-refractivity contribution >= 4 is 5.91 Å². The van der Waals surface area contributed by atoms with Gasteiger partial charge in [-0.25, -0.2) is 4.98 Å². The molecule has 3 N–H and O–H groups in total. The third kappa shape index (κ3) is 3.15. The molecule has 1 aliphatic rings. The summed E-state index contributed by atoms with van der Waals surface area (Å²) in [5.74, 6) is 1.68. The van der Waals surface area contributed by atoms with Crippen LogP contribution >= 0.6 is 0 Å². The number of nitrogens with one attached hydrogen (secondary N) is 1. The van der Waals surface area contributed by atoms with Crippen molar-refractivity contribution in [1.82, 2.24) is 10.3 Å². The van der Waals surface area contributed by atoms with Crippen LogP contribution in [0, 0.1) is 12.8 Å². The second-order valence-electron chi connectivity index (χ2n) is 5.86. The molecule has 0 aromatic carbocycles. The van der Waals surface area contributed by atoms with Gasteiger partial charge in [0.25, 0.3) is 0 Å². The molecule has 0 saturated heterocycles. The van der Waals surface area contributed by atoms with Crippen molar-refractivity contribution in [3.05, 3.63) is 17.8 Å². The van der Waals surface area contributed by atoms with E-state index in [2.05, 4.69) is 17.2 Å². The highest BCUT2D eigenvalue weighted by atomic mass is 16.4. The lowest BCUT2D eigenvalue weighted by Gasteiger charge is -2.35. The van der Waals surface area contributed by atoms with Crippen molar-refractivity contribution in [1.29, 1.82) is 0 Å². The van der Waals surface area contributed by atoms with Gasteiger partial charge >= 0.3 is 0 Å². The summed E-state index contributed by atoms with van der Waals surface area (Å²) in [5.41, 5.74) is 5.52. The molecule has 1 aliphatic carbocycles. The zero-order chi connectivity index (χ0) is 14.0. The average Bonchev–Trinajstić information content (AvgIpc) is 2.75. The second-order valence-corrected chi connectivity index (χ2v) is 5.86. The lowest BCUT2D eigenvalue weighted by Crippen LogP contribution is -2.56. The molecule has 0 bridgehead atoms. The normalized spacial score (nSPS) is 28.9. The van der Waals surface area contributed by atoms with Crippen LogP contribution in [0.2, 0.25) is 0 Å². The Morgan fingerprint density at radius 1 is 1.68 bits per heavy atom. The molecule has 0 aliphatic heterocycles. The highest BCUT2D eigenvalue weighted by molar-refractivity contribution is 5.86. The summed E-state index contributed by atoms with van der Waals surface area (Å²) >= 11 is 0. The predicted molar refractivity (Wildman–Crippen MR) is 72.3 cm³/mol. The van der Waals surface area contributed by atoms with Crippen LogP contribution in [0.1, 0.15) is 57.2 Å². The van der Waals surface area contributed by atoms with Crippen molar-refractivity contribution in [3.8, 4) is 0 Å². The molecule has 0 radical (unpaired) electrons. The van der Waals surface area contributed by atoms with E-state index < -0.39 is 5.54 Å². The smallest absolute Gasteiger partial charge is 0.240 e. The second kappa shape index (κ2) is 5.33. The fraction of sp³-hybridized carbons (Fsp3) is 0.714. The van der Waals surface area contributed by atoms with E-state index in [-0.39, 0.29) is 11.9 Å². The van der Waals surface area contributed by atoms with Crippen LogP contribution in [0.25, 0.3) is 0 Å². The minimum Gasteiger partial charge on any atom is -0.444 e. The number of aryl methyl sites for hydroxylation is 1. The number of nitrogens with zero attached hydrogens (tertiary/aromatic N) is 1. The topological polar surface area (TPSA) is 81.2 Å². The van der Waals surface area contributed by atoms with Gasteiger partial charge in [0, 0.05) is 0 Å². The molecule has 0 spiro atoms. The van der Waals surface area contributed by atoms with Crippen molar-refractivity contribution in [2.45, 2.75) is 58.0 Å². The predicted octanol–water partition coefficient (Wildman–Crippen LogP) is 2.07. The Morgan fingerprint density at radius 2 is 2.42 bits per heavy atom. The van der Waals surface area contributed by atoms with Crippen molar-refractivity contribution < 1.29 is 9.21 Å². The zero-order valence-electron chi connectivity index (χ0n) is 11.9. The summed E-state index contributed by atoms with van der Waals surface area (Å²) in [7, 11) is 0. The van der Waals surface area contributed by atoms with E-state index >= 15 is 0 Å². The fourth-order valence-electron chi connectivity index (χ4n) is 2.77. The van der Waals surface area contributed by atoms with Crippen LogP contribution in [-0.4, -0.2) is 16.4 Å². The molecule has 1 aromatic heterocycles. The average molecular weight is 265 g/mol. The van der Waals surface area contributed by atoms with E-state index in [1.165, 1.54) is 0 Å². The van der Waals surface area contributed by atoms with Crippen LogP contribution < -0.4 is 11.1 Å². The number of hydrogen-bond acceptors (Lipinski definition) is 4. The molecule has 106 valence electrons. The number of rotatable bonds is 3. The molecule has 3 unspecified atom stereocenters. The van der Waals surface area contributed by atoms with Gasteiger partial charge in [0.1, 0.15) is 11.8 Å². The van der Waals surface area contributed by atoms with Gasteiger partial charge in [0.15, 0.2) is 0 Å². The highest BCUT2D eigenvalue weighted by Crippen LogP contribution is 2.31. The van der Waals surface area contributed by atoms with E-state index in [0.717, 1.165) is 31.4 Å². The first-order valence-electron chi connectivity index (χ1n) is 6.93. The van der Waals surface area contributed by atoms with Crippen LogP contribution in [0.3, 0.4) is 0 Å². The molecule has 1 heterocycles. The van der Waals surface area contributed by atoms with Crippen molar-refractivity contribution in [2.24, 2.45) is 11.7 Å². The van der Waals surface area contributed by atoms with Gasteiger partial charge in [0.2, 0.25) is 11.8 Å². The quantitative estimate of drug-likeness (QED) is 0.876. The molecular weight excluding hydrogens is 242 g/mol. The largest absolute Gasteiger partial charge is 0.444 e. The van der Waals surface area contributed by atoms with Crippen LogP contribution in [0.15, 0.2) is 10.6 Å². The highest BCUT2D eigenvalue weighted by Gasteiger charge is 2.38. The number of hydrogen-bond donors (Lipinski definition) is 2. The number of amides is 1. The van der Waals surface area contributed by atoms with Gasteiger partial charge in [0.05, 0.1) is 11.7 Å². The summed E-state index contributed by atoms with van der Waals surface area (Å²) in [4.78, 5) is 16.5. The van der Waals surface area contributed by atoms with E-state index in [1.54, 1.807) is 6.20 Å². The Labute approximate surface area is 114 Å². The van der Waals surface area contributed by atoms with E-state index in [9.17, 15) is 4.79 Å².